The van der Waals surface area contributed by atoms with Gasteiger partial charge in [0.1, 0.15) is 11.6 Å². The zero-order valence-corrected chi connectivity index (χ0v) is 11.3. The van der Waals surface area contributed by atoms with Gasteiger partial charge < -0.3 is 15.0 Å². The highest BCUT2D eigenvalue weighted by Gasteiger charge is 2.09. The number of hydrogen-bond acceptors (Lipinski definition) is 3. The van der Waals surface area contributed by atoms with Gasteiger partial charge in [0.05, 0.1) is 25.5 Å². The number of methoxy groups -OCH3 is 1. The van der Waals surface area contributed by atoms with Crippen LogP contribution in [0.1, 0.15) is 17.0 Å². The van der Waals surface area contributed by atoms with Crippen molar-refractivity contribution >= 4 is 0 Å². The van der Waals surface area contributed by atoms with Crippen LogP contribution in [-0.2, 0) is 6.54 Å². The molecular formula is C14H19N3O. The van der Waals surface area contributed by atoms with E-state index in [1.54, 1.807) is 7.11 Å². The molecule has 0 unspecified atom stereocenters. The Morgan fingerprint density at radius 2 is 2.06 bits per heavy atom. The lowest BCUT2D eigenvalue weighted by atomic mass is 10.0. The van der Waals surface area contributed by atoms with Crippen molar-refractivity contribution in [3.63, 3.8) is 0 Å². The van der Waals surface area contributed by atoms with Crippen molar-refractivity contribution in [2.45, 2.75) is 20.4 Å². The van der Waals surface area contributed by atoms with E-state index in [2.05, 4.69) is 34.3 Å². The Bertz CT molecular complexity index is 546. The number of ether oxygens (including phenoxy) is 1. The lowest BCUT2D eigenvalue weighted by Gasteiger charge is -2.10. The van der Waals surface area contributed by atoms with Crippen molar-refractivity contribution in [3.8, 4) is 17.0 Å². The van der Waals surface area contributed by atoms with E-state index in [1.165, 1.54) is 11.1 Å². The molecule has 4 heteroatoms. The van der Waals surface area contributed by atoms with Crippen molar-refractivity contribution in [1.29, 1.82) is 0 Å². The molecule has 0 radical (unpaired) electrons. The van der Waals surface area contributed by atoms with Crippen LogP contribution in [0.3, 0.4) is 0 Å². The van der Waals surface area contributed by atoms with Gasteiger partial charge >= 0.3 is 0 Å². The third-order valence-corrected chi connectivity index (χ3v) is 3.00. The summed E-state index contributed by atoms with van der Waals surface area (Å²) < 4.78 is 5.32. The second-order valence-electron chi connectivity index (χ2n) is 4.41. The number of imidazole rings is 1. The van der Waals surface area contributed by atoms with Crippen LogP contribution in [0.2, 0.25) is 0 Å². The van der Waals surface area contributed by atoms with E-state index in [4.69, 9.17) is 4.74 Å². The number of rotatable bonds is 4. The van der Waals surface area contributed by atoms with Gasteiger partial charge in [-0.3, -0.25) is 0 Å². The molecule has 0 fully saturated rings. The Balaban J connectivity index is 2.40. The maximum atomic E-state index is 5.32. The van der Waals surface area contributed by atoms with Gasteiger partial charge in [-0.25, -0.2) is 4.98 Å². The van der Waals surface area contributed by atoms with E-state index in [0.717, 1.165) is 29.4 Å². The van der Waals surface area contributed by atoms with Crippen molar-refractivity contribution in [2.24, 2.45) is 0 Å². The summed E-state index contributed by atoms with van der Waals surface area (Å²) in [7, 11) is 3.60. The van der Waals surface area contributed by atoms with E-state index in [9.17, 15) is 0 Å². The molecule has 4 nitrogen and oxygen atoms in total. The highest BCUT2D eigenvalue weighted by Crippen LogP contribution is 2.28. The van der Waals surface area contributed by atoms with E-state index < -0.39 is 0 Å². The summed E-state index contributed by atoms with van der Waals surface area (Å²) in [6.07, 6.45) is 1.88. The molecule has 0 amide bonds. The minimum atomic E-state index is 0.744. The number of aromatic amines is 1. The second-order valence-corrected chi connectivity index (χ2v) is 4.41. The minimum absolute atomic E-state index is 0.744. The molecule has 18 heavy (non-hydrogen) atoms. The molecule has 0 saturated carbocycles. The summed E-state index contributed by atoms with van der Waals surface area (Å²) in [5, 5.41) is 3.08. The molecule has 0 atom stereocenters. The van der Waals surface area contributed by atoms with Gasteiger partial charge in [0, 0.05) is 5.56 Å². The quantitative estimate of drug-likeness (QED) is 0.869. The Morgan fingerprint density at radius 1 is 1.28 bits per heavy atom. The molecule has 2 aromatic rings. The van der Waals surface area contributed by atoms with Crippen LogP contribution in [0.5, 0.6) is 5.75 Å². The highest BCUT2D eigenvalue weighted by molar-refractivity contribution is 5.66. The van der Waals surface area contributed by atoms with Gasteiger partial charge in [-0.2, -0.15) is 0 Å². The van der Waals surface area contributed by atoms with Crippen molar-refractivity contribution in [3.05, 3.63) is 35.3 Å². The maximum absolute atomic E-state index is 5.32. The van der Waals surface area contributed by atoms with Crippen LogP contribution < -0.4 is 10.1 Å². The SMILES string of the molecule is CNCc1ncc(-c2cc(C)c(OC)cc2C)[nH]1. The van der Waals surface area contributed by atoms with Gasteiger partial charge in [0.2, 0.25) is 0 Å². The normalized spacial score (nSPS) is 10.7. The zero-order valence-electron chi connectivity index (χ0n) is 11.3. The van der Waals surface area contributed by atoms with Gasteiger partial charge in [-0.15, -0.1) is 0 Å². The second kappa shape index (κ2) is 5.23. The average molecular weight is 245 g/mol. The molecule has 1 aromatic heterocycles. The highest BCUT2D eigenvalue weighted by atomic mass is 16.5. The van der Waals surface area contributed by atoms with Crippen LogP contribution in [-0.4, -0.2) is 24.1 Å². The first-order valence-corrected chi connectivity index (χ1v) is 5.99. The number of H-pyrrole nitrogens is 1. The number of aromatic nitrogens is 2. The summed E-state index contributed by atoms with van der Waals surface area (Å²) in [4.78, 5) is 7.67. The Hall–Kier alpha value is -1.81. The average Bonchev–Trinajstić information content (AvgIpc) is 2.80. The van der Waals surface area contributed by atoms with Crippen LogP contribution >= 0.6 is 0 Å². The van der Waals surface area contributed by atoms with Crippen LogP contribution in [0.15, 0.2) is 18.3 Å². The Labute approximate surface area is 107 Å². The first-order chi connectivity index (χ1) is 8.65. The molecular weight excluding hydrogens is 226 g/mol. The molecule has 0 spiro atoms. The Morgan fingerprint density at radius 3 is 2.72 bits per heavy atom. The zero-order chi connectivity index (χ0) is 13.1. The summed E-state index contributed by atoms with van der Waals surface area (Å²) in [6, 6.07) is 4.19. The predicted molar refractivity (Wildman–Crippen MR) is 72.8 cm³/mol. The number of nitrogens with one attached hydrogen (secondary N) is 2. The molecule has 0 bridgehead atoms. The molecule has 0 aliphatic heterocycles. The summed E-state index contributed by atoms with van der Waals surface area (Å²) in [6.45, 7) is 4.87. The van der Waals surface area contributed by atoms with Crippen LogP contribution in [0, 0.1) is 13.8 Å². The molecule has 0 saturated heterocycles. The van der Waals surface area contributed by atoms with Gasteiger partial charge in [0.25, 0.3) is 0 Å². The number of aryl methyl sites for hydroxylation is 2. The summed E-state index contributed by atoms with van der Waals surface area (Å²) in [5.74, 6) is 1.87. The van der Waals surface area contributed by atoms with Crippen LogP contribution in [0.25, 0.3) is 11.3 Å². The molecule has 0 aliphatic rings. The topological polar surface area (TPSA) is 49.9 Å². The first kappa shape index (κ1) is 12.6. The number of benzene rings is 1. The molecule has 1 aromatic carbocycles. The molecule has 96 valence electrons. The third kappa shape index (κ3) is 2.38. The number of nitrogens with zero attached hydrogens (tertiary/aromatic N) is 1. The fourth-order valence-electron chi connectivity index (χ4n) is 2.06. The van der Waals surface area contributed by atoms with Crippen molar-refractivity contribution in [1.82, 2.24) is 15.3 Å². The van der Waals surface area contributed by atoms with Crippen molar-refractivity contribution < 1.29 is 4.74 Å². The van der Waals surface area contributed by atoms with E-state index in [1.807, 2.05) is 20.2 Å². The predicted octanol–water partition coefficient (Wildman–Crippen LogP) is 2.42. The minimum Gasteiger partial charge on any atom is -0.496 e. The summed E-state index contributed by atoms with van der Waals surface area (Å²) >= 11 is 0. The smallest absolute Gasteiger partial charge is 0.122 e. The fraction of sp³-hybridized carbons (Fsp3) is 0.357. The van der Waals surface area contributed by atoms with Crippen molar-refractivity contribution in [2.75, 3.05) is 14.2 Å². The molecule has 0 aliphatic carbocycles. The number of hydrogen-bond donors (Lipinski definition) is 2. The lowest BCUT2D eigenvalue weighted by molar-refractivity contribution is 0.411. The van der Waals surface area contributed by atoms with Gasteiger partial charge in [-0.1, -0.05) is 0 Å². The molecule has 2 rings (SSSR count). The first-order valence-electron chi connectivity index (χ1n) is 5.99. The standard InChI is InChI=1S/C14H19N3O/c1-9-6-13(18-4)10(2)5-11(9)12-7-16-14(17-12)8-15-3/h5-7,15H,8H2,1-4H3,(H,16,17). The van der Waals surface area contributed by atoms with E-state index in [0.29, 0.717) is 0 Å². The van der Waals surface area contributed by atoms with Gasteiger partial charge in [-0.05, 0) is 44.2 Å². The van der Waals surface area contributed by atoms with E-state index >= 15 is 0 Å². The van der Waals surface area contributed by atoms with E-state index in [-0.39, 0.29) is 0 Å². The monoisotopic (exact) mass is 245 g/mol. The maximum Gasteiger partial charge on any atom is 0.122 e. The lowest BCUT2D eigenvalue weighted by Crippen LogP contribution is -2.06. The fourth-order valence-corrected chi connectivity index (χ4v) is 2.06. The molecule has 2 N–H and O–H groups in total. The van der Waals surface area contributed by atoms with Crippen LogP contribution in [0.4, 0.5) is 0 Å². The largest absolute Gasteiger partial charge is 0.496 e. The third-order valence-electron chi connectivity index (χ3n) is 3.00. The Kier molecular flexibility index (Phi) is 3.67. The van der Waals surface area contributed by atoms with Gasteiger partial charge in [0.15, 0.2) is 0 Å². The summed E-state index contributed by atoms with van der Waals surface area (Å²) in [5.41, 5.74) is 4.52. The molecule has 1 heterocycles.